The maximum absolute atomic E-state index is 11.8. The molecule has 1 fully saturated rings. The van der Waals surface area contributed by atoms with Crippen molar-refractivity contribution in [1.82, 2.24) is 15.8 Å². The summed E-state index contributed by atoms with van der Waals surface area (Å²) in [6, 6.07) is -0.456. The van der Waals surface area contributed by atoms with Gasteiger partial charge in [-0.1, -0.05) is 18.0 Å². The lowest BCUT2D eigenvalue weighted by Gasteiger charge is -2.12. The van der Waals surface area contributed by atoms with E-state index in [1.165, 1.54) is 0 Å². The van der Waals surface area contributed by atoms with Crippen molar-refractivity contribution in [3.63, 3.8) is 0 Å². The summed E-state index contributed by atoms with van der Waals surface area (Å²) in [5.74, 6) is -1.07. The van der Waals surface area contributed by atoms with E-state index in [1.807, 2.05) is 0 Å². The lowest BCUT2D eigenvalue weighted by Crippen LogP contribution is -2.45. The summed E-state index contributed by atoms with van der Waals surface area (Å²) in [4.78, 5) is 35.0. The van der Waals surface area contributed by atoms with Crippen molar-refractivity contribution >= 4 is 17.9 Å². The Bertz CT molecular complexity index is 556. The SMILES string of the molecule is Cc1noc(C)c1C(=O)OCC(=O)NC(=O)NC1CCCC1. The van der Waals surface area contributed by atoms with Gasteiger partial charge in [-0.25, -0.2) is 9.59 Å². The minimum Gasteiger partial charge on any atom is -0.452 e. The highest BCUT2D eigenvalue weighted by molar-refractivity contribution is 5.97. The topological polar surface area (TPSA) is 111 Å². The Kier molecular flexibility index (Phi) is 5.13. The highest BCUT2D eigenvalue weighted by Crippen LogP contribution is 2.17. The summed E-state index contributed by atoms with van der Waals surface area (Å²) in [5, 5.41) is 8.47. The average Bonchev–Trinajstić information content (AvgIpc) is 3.06. The van der Waals surface area contributed by atoms with E-state index in [0.717, 1.165) is 25.7 Å². The second-order valence-electron chi connectivity index (χ2n) is 5.28. The van der Waals surface area contributed by atoms with Crippen LogP contribution in [0, 0.1) is 13.8 Å². The van der Waals surface area contributed by atoms with Gasteiger partial charge < -0.3 is 14.6 Å². The number of hydrogen-bond donors (Lipinski definition) is 2. The molecule has 3 amide bonds. The maximum Gasteiger partial charge on any atom is 0.344 e. The van der Waals surface area contributed by atoms with E-state index in [4.69, 9.17) is 9.26 Å². The molecule has 2 N–H and O–H groups in total. The van der Waals surface area contributed by atoms with Gasteiger partial charge in [-0.2, -0.15) is 0 Å². The minimum atomic E-state index is -0.706. The molecule has 2 rings (SSSR count). The summed E-state index contributed by atoms with van der Waals surface area (Å²) in [6.45, 7) is 2.63. The number of esters is 1. The van der Waals surface area contributed by atoms with Crippen molar-refractivity contribution in [2.24, 2.45) is 0 Å². The molecule has 1 saturated carbocycles. The number of carbonyl (C=O) groups excluding carboxylic acids is 3. The standard InChI is InChI=1S/C14H19N3O5/c1-8-12(9(2)22-17-8)13(19)21-7-11(18)16-14(20)15-10-5-3-4-6-10/h10H,3-7H2,1-2H3,(H2,15,16,18,20). The summed E-state index contributed by atoms with van der Waals surface area (Å²) in [6.07, 6.45) is 3.99. The van der Waals surface area contributed by atoms with Crippen LogP contribution in [0.1, 0.15) is 47.5 Å². The molecule has 0 aliphatic heterocycles. The van der Waals surface area contributed by atoms with Gasteiger partial charge in [0, 0.05) is 6.04 Å². The van der Waals surface area contributed by atoms with Crippen molar-refractivity contribution < 1.29 is 23.6 Å². The van der Waals surface area contributed by atoms with Gasteiger partial charge in [0.2, 0.25) is 0 Å². The van der Waals surface area contributed by atoms with E-state index in [2.05, 4.69) is 15.8 Å². The van der Waals surface area contributed by atoms with Gasteiger partial charge in [-0.3, -0.25) is 10.1 Å². The number of nitrogens with one attached hydrogen (secondary N) is 2. The highest BCUT2D eigenvalue weighted by atomic mass is 16.5. The molecule has 1 aromatic rings. The van der Waals surface area contributed by atoms with Gasteiger partial charge in [-0.05, 0) is 26.7 Å². The number of amides is 3. The first-order chi connectivity index (χ1) is 10.5. The van der Waals surface area contributed by atoms with Crippen molar-refractivity contribution in [1.29, 1.82) is 0 Å². The molecule has 8 nitrogen and oxygen atoms in total. The second-order valence-corrected chi connectivity index (χ2v) is 5.28. The summed E-state index contributed by atoms with van der Waals surface area (Å²) in [5.41, 5.74) is 0.588. The average molecular weight is 309 g/mol. The third-order valence-corrected chi connectivity index (χ3v) is 3.52. The predicted molar refractivity (Wildman–Crippen MR) is 75.2 cm³/mol. The normalized spacial score (nSPS) is 14.6. The van der Waals surface area contributed by atoms with Crippen molar-refractivity contribution in [2.45, 2.75) is 45.6 Å². The zero-order valence-electron chi connectivity index (χ0n) is 12.6. The van der Waals surface area contributed by atoms with E-state index >= 15 is 0 Å². The van der Waals surface area contributed by atoms with Crippen LogP contribution in [-0.2, 0) is 9.53 Å². The van der Waals surface area contributed by atoms with Crippen LogP contribution < -0.4 is 10.6 Å². The van der Waals surface area contributed by atoms with Gasteiger partial charge in [0.05, 0.1) is 5.69 Å². The van der Waals surface area contributed by atoms with Crippen LogP contribution in [0.15, 0.2) is 4.52 Å². The molecular weight excluding hydrogens is 290 g/mol. The Labute approximate surface area is 127 Å². The quantitative estimate of drug-likeness (QED) is 0.809. The van der Waals surface area contributed by atoms with Gasteiger partial charge in [-0.15, -0.1) is 0 Å². The molecule has 1 aromatic heterocycles. The molecule has 0 bridgehead atoms. The smallest absolute Gasteiger partial charge is 0.344 e. The van der Waals surface area contributed by atoms with E-state index in [0.29, 0.717) is 11.5 Å². The first kappa shape index (κ1) is 16.0. The highest BCUT2D eigenvalue weighted by Gasteiger charge is 2.21. The molecule has 1 heterocycles. The van der Waals surface area contributed by atoms with Crippen molar-refractivity contribution in [2.75, 3.05) is 6.61 Å². The Morgan fingerprint density at radius 1 is 1.27 bits per heavy atom. The summed E-state index contributed by atoms with van der Waals surface area (Å²) >= 11 is 0. The number of aromatic nitrogens is 1. The summed E-state index contributed by atoms with van der Waals surface area (Å²) < 4.78 is 9.70. The third kappa shape index (κ3) is 4.06. The first-order valence-corrected chi connectivity index (χ1v) is 7.17. The molecule has 0 saturated heterocycles. The molecule has 0 radical (unpaired) electrons. The van der Waals surface area contributed by atoms with Crippen LogP contribution in [0.25, 0.3) is 0 Å². The van der Waals surface area contributed by atoms with Crippen LogP contribution >= 0.6 is 0 Å². The largest absolute Gasteiger partial charge is 0.452 e. The zero-order valence-corrected chi connectivity index (χ0v) is 12.6. The molecule has 0 spiro atoms. The molecule has 120 valence electrons. The van der Waals surface area contributed by atoms with Crippen LogP contribution in [0.2, 0.25) is 0 Å². The fourth-order valence-electron chi connectivity index (χ4n) is 2.43. The van der Waals surface area contributed by atoms with Crippen LogP contribution in [0.4, 0.5) is 4.79 Å². The Morgan fingerprint density at radius 3 is 2.55 bits per heavy atom. The Morgan fingerprint density at radius 2 is 1.95 bits per heavy atom. The van der Waals surface area contributed by atoms with E-state index < -0.39 is 24.5 Å². The number of imide groups is 1. The fraction of sp³-hybridized carbons (Fsp3) is 0.571. The monoisotopic (exact) mass is 309 g/mol. The number of nitrogens with zero attached hydrogens (tertiary/aromatic N) is 1. The number of urea groups is 1. The molecule has 8 heteroatoms. The Hall–Kier alpha value is -2.38. The van der Waals surface area contributed by atoms with Crippen LogP contribution in [-0.4, -0.2) is 35.7 Å². The molecule has 0 unspecified atom stereocenters. The minimum absolute atomic E-state index is 0.109. The van der Waals surface area contributed by atoms with Gasteiger partial charge in [0.1, 0.15) is 11.3 Å². The maximum atomic E-state index is 11.8. The number of rotatable bonds is 4. The summed E-state index contributed by atoms with van der Waals surface area (Å²) in [7, 11) is 0. The Balaban J connectivity index is 1.75. The molecule has 1 aliphatic rings. The van der Waals surface area contributed by atoms with E-state index in [-0.39, 0.29) is 11.6 Å². The molecule has 1 aliphatic carbocycles. The zero-order chi connectivity index (χ0) is 16.1. The van der Waals surface area contributed by atoms with Crippen LogP contribution in [0.3, 0.4) is 0 Å². The number of carbonyl (C=O) groups is 3. The molecular formula is C14H19N3O5. The fourth-order valence-corrected chi connectivity index (χ4v) is 2.43. The predicted octanol–water partition coefficient (Wildman–Crippen LogP) is 1.22. The van der Waals surface area contributed by atoms with Crippen molar-refractivity contribution in [3.8, 4) is 0 Å². The third-order valence-electron chi connectivity index (χ3n) is 3.52. The van der Waals surface area contributed by atoms with E-state index in [9.17, 15) is 14.4 Å². The number of ether oxygens (including phenoxy) is 1. The van der Waals surface area contributed by atoms with E-state index in [1.54, 1.807) is 13.8 Å². The van der Waals surface area contributed by atoms with Gasteiger partial charge in [0.25, 0.3) is 5.91 Å². The number of hydrogen-bond acceptors (Lipinski definition) is 6. The first-order valence-electron chi connectivity index (χ1n) is 7.17. The lowest BCUT2D eigenvalue weighted by molar-refractivity contribution is -0.123. The van der Waals surface area contributed by atoms with Crippen molar-refractivity contribution in [3.05, 3.63) is 17.0 Å². The van der Waals surface area contributed by atoms with Gasteiger partial charge >= 0.3 is 12.0 Å². The number of aryl methyl sites for hydroxylation is 2. The second kappa shape index (κ2) is 7.06. The molecule has 0 aromatic carbocycles. The lowest BCUT2D eigenvalue weighted by atomic mass is 10.2. The molecule has 0 atom stereocenters. The van der Waals surface area contributed by atoms with Crippen LogP contribution in [0.5, 0.6) is 0 Å². The molecule has 22 heavy (non-hydrogen) atoms. The van der Waals surface area contributed by atoms with Gasteiger partial charge in [0.15, 0.2) is 6.61 Å².